The van der Waals surface area contributed by atoms with Crippen molar-refractivity contribution >= 4 is 17.4 Å². The van der Waals surface area contributed by atoms with Gasteiger partial charge < -0.3 is 25.3 Å². The maximum absolute atomic E-state index is 12.1. The van der Waals surface area contributed by atoms with E-state index in [1.54, 1.807) is 12.5 Å². The van der Waals surface area contributed by atoms with Gasteiger partial charge in [0.15, 0.2) is 5.82 Å². The molecule has 0 aromatic carbocycles. The van der Waals surface area contributed by atoms with Gasteiger partial charge in [0.1, 0.15) is 5.52 Å². The Balaban J connectivity index is 1.49. The van der Waals surface area contributed by atoms with Gasteiger partial charge in [0.2, 0.25) is 0 Å². The fraction of sp³-hybridized carbons (Fsp3) is 0.533. The molecule has 2 amide bonds. The van der Waals surface area contributed by atoms with E-state index < -0.39 is 0 Å². The highest BCUT2D eigenvalue weighted by molar-refractivity contribution is 5.78. The van der Waals surface area contributed by atoms with Gasteiger partial charge in [0.25, 0.3) is 0 Å². The highest BCUT2D eigenvalue weighted by atomic mass is 16.2. The lowest BCUT2D eigenvalue weighted by Crippen LogP contribution is -2.52. The first-order chi connectivity index (χ1) is 11.2. The van der Waals surface area contributed by atoms with Crippen LogP contribution in [-0.2, 0) is 0 Å². The zero-order valence-corrected chi connectivity index (χ0v) is 13.0. The van der Waals surface area contributed by atoms with Crippen molar-refractivity contribution in [3.63, 3.8) is 0 Å². The van der Waals surface area contributed by atoms with Gasteiger partial charge >= 0.3 is 6.03 Å². The van der Waals surface area contributed by atoms with Gasteiger partial charge in [0, 0.05) is 45.1 Å². The van der Waals surface area contributed by atoms with E-state index in [2.05, 4.69) is 20.2 Å². The molecule has 23 heavy (non-hydrogen) atoms. The normalized spacial score (nSPS) is 20.5. The number of nitrogens with one attached hydrogen (secondary N) is 1. The lowest BCUT2D eigenvalue weighted by Gasteiger charge is -2.39. The number of imidazole rings is 1. The Labute approximate surface area is 134 Å². The van der Waals surface area contributed by atoms with Crippen molar-refractivity contribution in [2.45, 2.75) is 18.4 Å². The summed E-state index contributed by atoms with van der Waals surface area (Å²) in [6, 6.07) is 0.0138. The molecule has 122 valence electrons. The van der Waals surface area contributed by atoms with Crippen LogP contribution < -0.4 is 16.0 Å². The molecule has 3 N–H and O–H groups in total. The number of nitrogens with two attached hydrogens (primary N) is 1. The Morgan fingerprint density at radius 3 is 2.96 bits per heavy atom. The zero-order chi connectivity index (χ0) is 15.9. The first-order valence-electron chi connectivity index (χ1n) is 8.00. The van der Waals surface area contributed by atoms with Crippen LogP contribution in [0.3, 0.4) is 0 Å². The number of piperidine rings is 1. The smallest absolute Gasteiger partial charge is 0.318 e. The molecule has 2 aliphatic rings. The molecule has 0 unspecified atom stereocenters. The molecule has 4 rings (SSSR count). The molecule has 8 nitrogen and oxygen atoms in total. The van der Waals surface area contributed by atoms with E-state index in [-0.39, 0.29) is 11.6 Å². The average Bonchev–Trinajstić information content (AvgIpc) is 3.14. The molecule has 2 aromatic rings. The Morgan fingerprint density at radius 1 is 1.35 bits per heavy atom. The number of anilines is 1. The predicted octanol–water partition coefficient (Wildman–Crippen LogP) is 0.0522. The van der Waals surface area contributed by atoms with Crippen LogP contribution in [0.1, 0.15) is 12.8 Å². The highest BCUT2D eigenvalue weighted by Crippen LogP contribution is 2.31. The third kappa shape index (κ3) is 2.39. The molecule has 2 aliphatic heterocycles. The van der Waals surface area contributed by atoms with Gasteiger partial charge in [0.05, 0.1) is 18.1 Å². The van der Waals surface area contributed by atoms with Crippen LogP contribution in [0.25, 0.3) is 5.52 Å². The number of urea groups is 1. The molecule has 0 bridgehead atoms. The van der Waals surface area contributed by atoms with E-state index in [9.17, 15) is 4.79 Å². The van der Waals surface area contributed by atoms with E-state index in [1.165, 1.54) is 0 Å². The van der Waals surface area contributed by atoms with Gasteiger partial charge in [-0.1, -0.05) is 0 Å². The average molecular weight is 315 g/mol. The number of hydrogen-bond acceptors (Lipinski definition) is 5. The molecule has 0 atom stereocenters. The first kappa shape index (κ1) is 14.3. The Bertz CT molecular complexity index is 719. The summed E-state index contributed by atoms with van der Waals surface area (Å²) in [7, 11) is 0. The molecule has 0 radical (unpaired) electrons. The number of carbonyl (C=O) groups excluding carboxylic acids is 1. The van der Waals surface area contributed by atoms with Crippen LogP contribution in [0.5, 0.6) is 0 Å². The summed E-state index contributed by atoms with van der Waals surface area (Å²) in [6.07, 6.45) is 9.15. The fourth-order valence-electron chi connectivity index (χ4n) is 3.63. The van der Waals surface area contributed by atoms with Crippen molar-refractivity contribution < 1.29 is 4.79 Å². The van der Waals surface area contributed by atoms with E-state index in [0.29, 0.717) is 13.1 Å². The van der Waals surface area contributed by atoms with Crippen LogP contribution in [0, 0.1) is 0 Å². The number of carbonyl (C=O) groups is 1. The molecule has 4 heterocycles. The topological polar surface area (TPSA) is 91.8 Å². The minimum absolute atomic E-state index is 0.0138. The minimum Gasteiger partial charge on any atom is -0.355 e. The molecule has 1 spiro atoms. The third-order valence-corrected chi connectivity index (χ3v) is 4.89. The van der Waals surface area contributed by atoms with Crippen LogP contribution >= 0.6 is 0 Å². The van der Waals surface area contributed by atoms with Crippen LogP contribution in [-0.4, -0.2) is 63.6 Å². The molecule has 2 fully saturated rings. The largest absolute Gasteiger partial charge is 0.355 e. The zero-order valence-electron chi connectivity index (χ0n) is 13.0. The van der Waals surface area contributed by atoms with Crippen molar-refractivity contribution in [1.29, 1.82) is 0 Å². The Morgan fingerprint density at radius 2 is 2.17 bits per heavy atom. The van der Waals surface area contributed by atoms with Crippen LogP contribution in [0.15, 0.2) is 24.9 Å². The van der Waals surface area contributed by atoms with E-state index in [0.717, 1.165) is 43.8 Å². The standard InChI is InChI=1S/C15H21N7O/c16-3-7-21-10-15(19-14(21)23)1-5-20(6-2-15)13-12-9-17-11-22(12)8-4-18-13/h4,8-9,11H,1-3,5-7,10,16H2,(H,19,23). The molecule has 2 aromatic heterocycles. The quantitative estimate of drug-likeness (QED) is 0.835. The third-order valence-electron chi connectivity index (χ3n) is 4.89. The molecular weight excluding hydrogens is 294 g/mol. The van der Waals surface area contributed by atoms with Gasteiger partial charge in [-0.3, -0.25) is 0 Å². The second-order valence-corrected chi connectivity index (χ2v) is 6.34. The van der Waals surface area contributed by atoms with Crippen molar-refractivity contribution in [3.8, 4) is 0 Å². The fourth-order valence-corrected chi connectivity index (χ4v) is 3.63. The summed E-state index contributed by atoms with van der Waals surface area (Å²) in [5.41, 5.74) is 6.48. The van der Waals surface area contributed by atoms with E-state index in [4.69, 9.17) is 5.73 Å². The summed E-state index contributed by atoms with van der Waals surface area (Å²) in [5.74, 6) is 0.961. The molecule has 2 saturated heterocycles. The van der Waals surface area contributed by atoms with Crippen LogP contribution in [0.4, 0.5) is 10.6 Å². The van der Waals surface area contributed by atoms with Gasteiger partial charge in [-0.15, -0.1) is 0 Å². The summed E-state index contributed by atoms with van der Waals surface area (Å²) in [4.78, 5) is 24.9. The summed E-state index contributed by atoms with van der Waals surface area (Å²) in [5, 5.41) is 3.18. The Hall–Kier alpha value is -2.35. The number of fused-ring (bicyclic) bond motifs is 1. The number of hydrogen-bond donors (Lipinski definition) is 2. The predicted molar refractivity (Wildman–Crippen MR) is 86.3 cm³/mol. The number of aromatic nitrogens is 3. The summed E-state index contributed by atoms with van der Waals surface area (Å²) < 4.78 is 1.98. The first-order valence-corrected chi connectivity index (χ1v) is 8.00. The summed E-state index contributed by atoms with van der Waals surface area (Å²) in [6.45, 7) is 3.61. The van der Waals surface area contributed by atoms with Crippen molar-refractivity contribution in [2.24, 2.45) is 5.73 Å². The second-order valence-electron chi connectivity index (χ2n) is 6.34. The van der Waals surface area contributed by atoms with E-state index >= 15 is 0 Å². The minimum atomic E-state index is -0.117. The highest BCUT2D eigenvalue weighted by Gasteiger charge is 2.44. The molecular formula is C15H21N7O. The van der Waals surface area contributed by atoms with Crippen molar-refractivity contribution in [2.75, 3.05) is 37.6 Å². The molecule has 8 heteroatoms. The maximum atomic E-state index is 12.1. The van der Waals surface area contributed by atoms with E-state index in [1.807, 2.05) is 21.7 Å². The van der Waals surface area contributed by atoms with Gasteiger partial charge in [-0.05, 0) is 12.8 Å². The molecule has 0 saturated carbocycles. The number of nitrogens with zero attached hydrogens (tertiary/aromatic N) is 5. The van der Waals surface area contributed by atoms with Gasteiger partial charge in [-0.2, -0.15) is 0 Å². The monoisotopic (exact) mass is 315 g/mol. The van der Waals surface area contributed by atoms with Gasteiger partial charge in [-0.25, -0.2) is 14.8 Å². The lowest BCUT2D eigenvalue weighted by atomic mass is 9.88. The lowest BCUT2D eigenvalue weighted by molar-refractivity contribution is 0.218. The SMILES string of the molecule is NCCN1CC2(CCN(c3nccn4cncc34)CC2)NC1=O. The van der Waals surface area contributed by atoms with Crippen LogP contribution in [0.2, 0.25) is 0 Å². The number of amides is 2. The Kier molecular flexibility index (Phi) is 3.33. The summed E-state index contributed by atoms with van der Waals surface area (Å²) >= 11 is 0. The second kappa shape index (κ2) is 5.38. The van der Waals surface area contributed by atoms with Crippen molar-refractivity contribution in [3.05, 3.63) is 24.9 Å². The maximum Gasteiger partial charge on any atom is 0.318 e. The van der Waals surface area contributed by atoms with Crippen molar-refractivity contribution in [1.82, 2.24) is 24.6 Å². The number of rotatable bonds is 3. The molecule has 0 aliphatic carbocycles.